The molecule has 29 heavy (non-hydrogen) atoms. The second-order valence-electron chi connectivity index (χ2n) is 7.05. The Kier molecular flexibility index (Phi) is 7.31. The first-order valence-corrected chi connectivity index (χ1v) is 12.2. The Labute approximate surface area is 176 Å². The van der Waals surface area contributed by atoms with Crippen LogP contribution in [0.15, 0.2) is 40.6 Å². The van der Waals surface area contributed by atoms with Crippen LogP contribution in [0.1, 0.15) is 39.0 Å². The summed E-state index contributed by atoms with van der Waals surface area (Å²) in [5, 5.41) is 11.2. The molecular weight excluding hydrogens is 410 g/mol. The molecule has 1 N–H and O–H groups in total. The third-order valence-corrected chi connectivity index (χ3v) is 8.11. The zero-order valence-corrected chi connectivity index (χ0v) is 18.4. The van der Waals surface area contributed by atoms with Gasteiger partial charge in [0.25, 0.3) is 0 Å². The molecule has 2 aromatic rings. The first-order valence-electron chi connectivity index (χ1n) is 9.81. The maximum Gasteiger partial charge on any atom is 0.245 e. The lowest BCUT2D eigenvalue weighted by molar-refractivity contribution is -0.113. The van der Waals surface area contributed by atoms with Gasteiger partial charge in [-0.25, -0.2) is 8.42 Å². The summed E-state index contributed by atoms with van der Waals surface area (Å²) in [4.78, 5) is 12.6. The van der Waals surface area contributed by atoms with Crippen molar-refractivity contribution >= 4 is 33.4 Å². The van der Waals surface area contributed by atoms with Gasteiger partial charge in [-0.05, 0) is 31.9 Å². The van der Waals surface area contributed by atoms with E-state index in [1.165, 1.54) is 16.1 Å². The molecule has 0 aliphatic heterocycles. The fourth-order valence-corrected chi connectivity index (χ4v) is 5.82. The monoisotopic (exact) mass is 437 g/mol. The molecule has 0 spiro atoms. The number of aromatic nitrogens is 3. The van der Waals surface area contributed by atoms with Crippen LogP contribution >= 0.6 is 11.8 Å². The Morgan fingerprint density at radius 2 is 2.00 bits per heavy atom. The van der Waals surface area contributed by atoms with Gasteiger partial charge in [0.1, 0.15) is 11.2 Å². The zero-order chi connectivity index (χ0) is 20.9. The van der Waals surface area contributed by atoms with Crippen LogP contribution in [0, 0.1) is 0 Å². The number of hydrogen-bond donors (Lipinski definition) is 1. The Morgan fingerprint density at radius 1 is 1.28 bits per heavy atom. The quantitative estimate of drug-likeness (QED) is 0.638. The Hall–Kier alpha value is -1.91. The number of anilines is 1. The largest absolute Gasteiger partial charge is 0.324 e. The van der Waals surface area contributed by atoms with Crippen molar-refractivity contribution in [3.63, 3.8) is 0 Å². The molecule has 1 aliphatic carbocycles. The van der Waals surface area contributed by atoms with Crippen LogP contribution in [0.3, 0.4) is 0 Å². The highest BCUT2D eigenvalue weighted by Crippen LogP contribution is 2.30. The minimum Gasteiger partial charge on any atom is -0.324 e. The van der Waals surface area contributed by atoms with Crippen LogP contribution in [0.4, 0.5) is 5.69 Å². The summed E-state index contributed by atoms with van der Waals surface area (Å²) in [5.41, 5.74) is 0.303. The molecule has 158 valence electrons. The van der Waals surface area contributed by atoms with E-state index in [1.807, 2.05) is 11.5 Å². The minimum absolute atomic E-state index is 0.00784. The normalized spacial score (nSPS) is 15.6. The molecule has 10 heteroatoms. The highest BCUT2D eigenvalue weighted by molar-refractivity contribution is 7.99. The predicted molar refractivity (Wildman–Crippen MR) is 113 cm³/mol. The van der Waals surface area contributed by atoms with E-state index in [0.717, 1.165) is 32.1 Å². The maximum atomic E-state index is 13.2. The lowest BCUT2D eigenvalue weighted by atomic mass is 9.96. The number of thioether (sulfide) groups is 1. The van der Waals surface area contributed by atoms with Crippen molar-refractivity contribution < 1.29 is 13.2 Å². The van der Waals surface area contributed by atoms with Gasteiger partial charge < -0.3 is 9.88 Å². The molecular formula is C19H27N5O3S2. The fourth-order valence-electron chi connectivity index (χ4n) is 3.48. The maximum absolute atomic E-state index is 13.2. The molecule has 3 rings (SSSR count). The molecule has 1 aliphatic rings. The number of amides is 1. The molecule has 1 saturated carbocycles. The third kappa shape index (κ3) is 5.18. The van der Waals surface area contributed by atoms with E-state index in [2.05, 4.69) is 15.5 Å². The predicted octanol–water partition coefficient (Wildman–Crippen LogP) is 2.98. The van der Waals surface area contributed by atoms with E-state index in [1.54, 1.807) is 37.6 Å². The second kappa shape index (κ2) is 9.73. The van der Waals surface area contributed by atoms with Gasteiger partial charge in [0.05, 0.1) is 11.4 Å². The summed E-state index contributed by atoms with van der Waals surface area (Å²) in [7, 11) is -2.06. The highest BCUT2D eigenvalue weighted by Gasteiger charge is 2.31. The minimum atomic E-state index is -3.70. The van der Waals surface area contributed by atoms with E-state index in [0.29, 0.717) is 17.4 Å². The number of carbonyl (C=O) groups excluding carboxylic acids is 1. The van der Waals surface area contributed by atoms with Crippen LogP contribution in [0.5, 0.6) is 0 Å². The molecule has 1 amide bonds. The summed E-state index contributed by atoms with van der Waals surface area (Å²) in [6.45, 7) is 2.68. The number of nitrogens with zero attached hydrogens (tertiary/aromatic N) is 4. The van der Waals surface area contributed by atoms with Crippen molar-refractivity contribution in [2.45, 2.75) is 61.7 Å². The molecule has 1 fully saturated rings. The molecule has 0 radical (unpaired) electrons. The Bertz CT molecular complexity index is 939. The summed E-state index contributed by atoms with van der Waals surface area (Å²) < 4.78 is 29.7. The number of para-hydroxylation sites is 1. The standard InChI is InChI=1S/C19H27N5O3S2/c1-3-24-14-20-22-19(24)28-13-18(25)21-16-11-7-8-12-17(16)29(26,27)23(2)15-9-5-4-6-10-15/h7-8,11-12,14-15H,3-6,9-10,13H2,1-2H3,(H,21,25). The van der Waals surface area contributed by atoms with Crippen LogP contribution in [-0.2, 0) is 21.4 Å². The van der Waals surface area contributed by atoms with Gasteiger partial charge in [0, 0.05) is 19.6 Å². The molecule has 1 aromatic carbocycles. The first-order chi connectivity index (χ1) is 13.9. The molecule has 8 nitrogen and oxygen atoms in total. The SMILES string of the molecule is CCn1cnnc1SCC(=O)Nc1ccccc1S(=O)(=O)N(C)C1CCCCC1. The van der Waals surface area contributed by atoms with Gasteiger partial charge in [-0.2, -0.15) is 4.31 Å². The summed E-state index contributed by atoms with van der Waals surface area (Å²) in [6.07, 6.45) is 6.60. The van der Waals surface area contributed by atoms with E-state index in [-0.39, 0.29) is 22.6 Å². The van der Waals surface area contributed by atoms with Gasteiger partial charge in [0.2, 0.25) is 15.9 Å². The van der Waals surface area contributed by atoms with Crippen LogP contribution in [0.25, 0.3) is 0 Å². The van der Waals surface area contributed by atoms with E-state index >= 15 is 0 Å². The van der Waals surface area contributed by atoms with Crippen molar-refractivity contribution in [3.05, 3.63) is 30.6 Å². The molecule has 0 atom stereocenters. The van der Waals surface area contributed by atoms with E-state index in [4.69, 9.17) is 0 Å². The van der Waals surface area contributed by atoms with Crippen molar-refractivity contribution in [1.82, 2.24) is 19.1 Å². The van der Waals surface area contributed by atoms with Crippen molar-refractivity contribution in [2.24, 2.45) is 0 Å². The van der Waals surface area contributed by atoms with Gasteiger partial charge >= 0.3 is 0 Å². The first kappa shape index (κ1) is 21.8. The highest BCUT2D eigenvalue weighted by atomic mass is 32.2. The fraction of sp³-hybridized carbons (Fsp3) is 0.526. The van der Waals surface area contributed by atoms with Gasteiger partial charge in [-0.15, -0.1) is 10.2 Å². The smallest absolute Gasteiger partial charge is 0.245 e. The molecule has 0 bridgehead atoms. The summed E-state index contributed by atoms with van der Waals surface area (Å²) in [5.74, 6) is -0.172. The van der Waals surface area contributed by atoms with E-state index in [9.17, 15) is 13.2 Å². The Balaban J connectivity index is 1.71. The zero-order valence-electron chi connectivity index (χ0n) is 16.7. The molecule has 0 saturated heterocycles. The Morgan fingerprint density at radius 3 is 2.72 bits per heavy atom. The summed E-state index contributed by atoms with van der Waals surface area (Å²) >= 11 is 1.27. The number of hydrogen-bond acceptors (Lipinski definition) is 6. The average Bonchev–Trinajstić information content (AvgIpc) is 3.20. The van der Waals surface area contributed by atoms with Crippen LogP contribution in [0.2, 0.25) is 0 Å². The number of sulfonamides is 1. The van der Waals surface area contributed by atoms with Crippen molar-refractivity contribution in [2.75, 3.05) is 18.1 Å². The van der Waals surface area contributed by atoms with Crippen molar-refractivity contribution in [3.8, 4) is 0 Å². The average molecular weight is 438 g/mol. The van der Waals surface area contributed by atoms with Crippen LogP contribution < -0.4 is 5.32 Å². The number of nitrogens with one attached hydrogen (secondary N) is 1. The van der Waals surface area contributed by atoms with Gasteiger partial charge in [0.15, 0.2) is 5.16 Å². The molecule has 1 heterocycles. The van der Waals surface area contributed by atoms with Crippen LogP contribution in [-0.4, -0.2) is 52.2 Å². The van der Waals surface area contributed by atoms with Gasteiger partial charge in [-0.1, -0.05) is 43.2 Å². The third-order valence-electron chi connectivity index (χ3n) is 5.16. The topological polar surface area (TPSA) is 97.2 Å². The lowest BCUT2D eigenvalue weighted by Gasteiger charge is -2.30. The van der Waals surface area contributed by atoms with E-state index < -0.39 is 10.0 Å². The molecule has 1 aromatic heterocycles. The van der Waals surface area contributed by atoms with Gasteiger partial charge in [-0.3, -0.25) is 4.79 Å². The number of aryl methyl sites for hydroxylation is 1. The lowest BCUT2D eigenvalue weighted by Crippen LogP contribution is -2.38. The number of rotatable bonds is 8. The number of benzene rings is 1. The number of carbonyl (C=O) groups is 1. The summed E-state index contributed by atoms with van der Waals surface area (Å²) in [6, 6.07) is 6.57. The second-order valence-corrected chi connectivity index (χ2v) is 9.95. The van der Waals surface area contributed by atoms with Crippen molar-refractivity contribution in [1.29, 1.82) is 0 Å². The molecule has 0 unspecified atom stereocenters.